The van der Waals surface area contributed by atoms with Gasteiger partial charge in [-0.2, -0.15) is 0 Å². The maximum absolute atomic E-state index is 13.5. The van der Waals surface area contributed by atoms with E-state index in [9.17, 15) is 33.9 Å². The highest BCUT2D eigenvalue weighted by atomic mass is 16.7. The summed E-state index contributed by atoms with van der Waals surface area (Å²) in [5.74, 6) is -4.41. The van der Waals surface area contributed by atoms with Crippen molar-refractivity contribution in [3.63, 3.8) is 0 Å². The third-order valence-corrected chi connectivity index (χ3v) is 6.05. The number of amides is 6. The molecule has 40 heavy (non-hydrogen) atoms. The fourth-order valence-electron chi connectivity index (χ4n) is 3.82. The van der Waals surface area contributed by atoms with Crippen LogP contribution in [0.2, 0.25) is 0 Å². The number of primary amides is 1. The monoisotopic (exact) mass is 563 g/mol. The van der Waals surface area contributed by atoms with Crippen molar-refractivity contribution in [2.24, 2.45) is 11.5 Å². The van der Waals surface area contributed by atoms with E-state index >= 15 is 0 Å². The van der Waals surface area contributed by atoms with Crippen LogP contribution in [0.5, 0.6) is 5.75 Å². The molecule has 0 unspecified atom stereocenters. The van der Waals surface area contributed by atoms with Crippen LogP contribution >= 0.6 is 0 Å². The standard InChI is InChI=1S/C25H37N7O8/c1-14-22(36)32-40-13-21(35)29-18(9-10-20(27)34)24(38)31-19(12-15-5-7-16(33)8-6-15)25(39)30-17(23(37)28-14)4-2-3-11-26/h5-8,14,17-19,33H,2-4,9-13,26H2,1H3,(H2,27,34)(H,28,37)(H,29,35)(H,30,39)(H,31,38)(H,32,36)/t14-,17-,18-,19-/m0/s1. The molecule has 1 aromatic carbocycles. The van der Waals surface area contributed by atoms with Crippen molar-refractivity contribution in [1.29, 1.82) is 0 Å². The molecule has 0 radical (unpaired) electrons. The number of carbonyl (C=O) groups excluding carboxylic acids is 6. The quantitative estimate of drug-likeness (QED) is 0.146. The van der Waals surface area contributed by atoms with Crippen molar-refractivity contribution in [3.8, 4) is 5.75 Å². The van der Waals surface area contributed by atoms with Crippen molar-refractivity contribution >= 4 is 35.4 Å². The fourth-order valence-corrected chi connectivity index (χ4v) is 3.82. The summed E-state index contributed by atoms with van der Waals surface area (Å²) in [6.45, 7) is 1.09. The second-order valence-corrected chi connectivity index (χ2v) is 9.39. The highest BCUT2D eigenvalue weighted by Crippen LogP contribution is 2.13. The van der Waals surface area contributed by atoms with E-state index in [1.165, 1.54) is 19.1 Å². The van der Waals surface area contributed by atoms with Gasteiger partial charge in [-0.3, -0.25) is 33.6 Å². The van der Waals surface area contributed by atoms with Crippen LogP contribution in [0.1, 0.15) is 44.6 Å². The van der Waals surface area contributed by atoms with Crippen molar-refractivity contribution < 1.29 is 38.7 Å². The molecule has 0 spiro atoms. The van der Waals surface area contributed by atoms with Gasteiger partial charge in [-0.05, 0) is 56.8 Å². The molecule has 1 aromatic rings. The summed E-state index contributed by atoms with van der Waals surface area (Å²) in [5, 5.41) is 19.7. The normalized spacial score (nSPS) is 23.3. The van der Waals surface area contributed by atoms with E-state index in [0.29, 0.717) is 24.9 Å². The minimum absolute atomic E-state index is 0.00136. The van der Waals surface area contributed by atoms with Crippen LogP contribution in [0, 0.1) is 0 Å². The minimum Gasteiger partial charge on any atom is -0.508 e. The number of benzene rings is 1. The first-order valence-electron chi connectivity index (χ1n) is 12.9. The molecule has 15 nitrogen and oxygen atoms in total. The molecule has 1 heterocycles. The number of hydrogen-bond acceptors (Lipinski definition) is 9. The highest BCUT2D eigenvalue weighted by Gasteiger charge is 2.31. The maximum atomic E-state index is 13.5. The lowest BCUT2D eigenvalue weighted by atomic mass is 10.0. The lowest BCUT2D eigenvalue weighted by molar-refractivity contribution is -0.144. The van der Waals surface area contributed by atoms with Gasteiger partial charge >= 0.3 is 0 Å². The van der Waals surface area contributed by atoms with E-state index in [-0.39, 0.29) is 31.4 Å². The Morgan fingerprint density at radius 2 is 1.48 bits per heavy atom. The summed E-state index contributed by atoms with van der Waals surface area (Å²) in [6.07, 6.45) is 0.830. The van der Waals surface area contributed by atoms with Gasteiger partial charge in [0.25, 0.3) is 5.91 Å². The predicted molar refractivity (Wildman–Crippen MR) is 141 cm³/mol. The average Bonchev–Trinajstić information content (AvgIpc) is 2.90. The van der Waals surface area contributed by atoms with Gasteiger partial charge in [-0.15, -0.1) is 0 Å². The zero-order valence-electron chi connectivity index (χ0n) is 22.2. The molecule has 1 fully saturated rings. The van der Waals surface area contributed by atoms with Gasteiger partial charge in [-0.25, -0.2) is 5.48 Å². The first-order valence-corrected chi connectivity index (χ1v) is 12.9. The number of nitrogens with one attached hydrogen (secondary N) is 5. The lowest BCUT2D eigenvalue weighted by Gasteiger charge is -2.26. The Morgan fingerprint density at radius 1 is 0.875 bits per heavy atom. The SMILES string of the molecule is C[C@@H]1NC(=O)[C@H](CCCCN)NC(=O)[C@H](Cc2ccc(O)cc2)NC(=O)[C@H](CCC(N)=O)NC(=O)CONC1=O. The molecular formula is C25H37N7O8. The van der Waals surface area contributed by atoms with Gasteiger partial charge in [0, 0.05) is 12.8 Å². The average molecular weight is 564 g/mol. The van der Waals surface area contributed by atoms with Crippen molar-refractivity contribution in [2.75, 3.05) is 13.2 Å². The molecule has 0 saturated carbocycles. The van der Waals surface area contributed by atoms with Crippen molar-refractivity contribution in [2.45, 2.75) is 69.6 Å². The zero-order valence-corrected chi connectivity index (χ0v) is 22.2. The van der Waals surface area contributed by atoms with Crippen LogP contribution in [-0.4, -0.2) is 77.9 Å². The fraction of sp³-hybridized carbons (Fsp3) is 0.520. The smallest absolute Gasteiger partial charge is 0.265 e. The third-order valence-electron chi connectivity index (χ3n) is 6.05. The molecular weight excluding hydrogens is 526 g/mol. The lowest BCUT2D eigenvalue weighted by Crippen LogP contribution is -2.59. The van der Waals surface area contributed by atoms with Gasteiger partial charge < -0.3 is 37.8 Å². The molecule has 0 bridgehead atoms. The van der Waals surface area contributed by atoms with E-state index < -0.39 is 66.2 Å². The Kier molecular flexibility index (Phi) is 12.8. The predicted octanol–water partition coefficient (Wildman–Crippen LogP) is -2.65. The number of aromatic hydroxyl groups is 1. The van der Waals surface area contributed by atoms with E-state index in [0.717, 1.165) is 0 Å². The second kappa shape index (κ2) is 16.0. The van der Waals surface area contributed by atoms with Crippen molar-refractivity contribution in [1.82, 2.24) is 26.7 Å². The van der Waals surface area contributed by atoms with Crippen LogP contribution in [0.25, 0.3) is 0 Å². The van der Waals surface area contributed by atoms with Gasteiger partial charge in [0.2, 0.25) is 29.5 Å². The summed E-state index contributed by atoms with van der Waals surface area (Å²) >= 11 is 0. The largest absolute Gasteiger partial charge is 0.508 e. The summed E-state index contributed by atoms with van der Waals surface area (Å²) in [6, 6.07) is 1.31. The zero-order chi connectivity index (χ0) is 29.7. The van der Waals surface area contributed by atoms with Gasteiger partial charge in [0.05, 0.1) is 0 Å². The molecule has 1 aliphatic rings. The molecule has 4 atom stereocenters. The van der Waals surface area contributed by atoms with Gasteiger partial charge in [0.15, 0.2) is 6.61 Å². The topological polar surface area (TPSA) is 244 Å². The molecule has 6 amide bonds. The van der Waals surface area contributed by atoms with E-state index in [1.54, 1.807) is 12.1 Å². The molecule has 15 heteroatoms. The Morgan fingerprint density at radius 3 is 2.12 bits per heavy atom. The van der Waals surface area contributed by atoms with Crippen LogP contribution in [-0.2, 0) is 40.0 Å². The number of phenols is 1. The molecule has 10 N–H and O–H groups in total. The Balaban J connectivity index is 2.40. The number of carbonyl (C=O) groups is 6. The summed E-state index contributed by atoms with van der Waals surface area (Å²) in [4.78, 5) is 80.7. The Hall–Kier alpha value is -4.24. The first-order chi connectivity index (χ1) is 19.0. The van der Waals surface area contributed by atoms with Crippen LogP contribution in [0.3, 0.4) is 0 Å². The number of nitrogens with two attached hydrogens (primary N) is 2. The van der Waals surface area contributed by atoms with Crippen LogP contribution < -0.4 is 38.2 Å². The van der Waals surface area contributed by atoms with Crippen LogP contribution in [0.4, 0.5) is 0 Å². The highest BCUT2D eigenvalue weighted by molar-refractivity contribution is 5.96. The molecule has 0 aliphatic carbocycles. The third kappa shape index (κ3) is 10.9. The minimum atomic E-state index is -1.27. The molecule has 1 saturated heterocycles. The van der Waals surface area contributed by atoms with E-state index in [1.807, 2.05) is 5.48 Å². The van der Waals surface area contributed by atoms with Gasteiger partial charge in [-0.1, -0.05) is 12.1 Å². The molecule has 1 aliphatic heterocycles. The van der Waals surface area contributed by atoms with E-state index in [2.05, 4.69) is 21.3 Å². The summed E-state index contributed by atoms with van der Waals surface area (Å²) in [5.41, 5.74) is 13.4. The van der Waals surface area contributed by atoms with Crippen molar-refractivity contribution in [3.05, 3.63) is 29.8 Å². The number of hydrogen-bond donors (Lipinski definition) is 8. The number of rotatable bonds is 9. The number of unbranched alkanes of at least 4 members (excludes halogenated alkanes) is 1. The summed E-state index contributed by atoms with van der Waals surface area (Å²) in [7, 11) is 0. The maximum Gasteiger partial charge on any atom is 0.265 e. The number of phenolic OH excluding ortho intramolecular Hbond substituents is 1. The Labute approximate surface area is 231 Å². The molecule has 2 rings (SSSR count). The second-order valence-electron chi connectivity index (χ2n) is 9.39. The summed E-state index contributed by atoms with van der Waals surface area (Å²) < 4.78 is 0. The number of hydroxylamine groups is 1. The van der Waals surface area contributed by atoms with Gasteiger partial charge in [0.1, 0.15) is 29.9 Å². The molecule has 0 aromatic heterocycles. The van der Waals surface area contributed by atoms with E-state index in [4.69, 9.17) is 16.3 Å². The van der Waals surface area contributed by atoms with Crippen LogP contribution in [0.15, 0.2) is 24.3 Å². The molecule has 220 valence electrons. The first kappa shape index (κ1) is 32.0. The Bertz CT molecular complexity index is 1070.